The fraction of sp³-hybridized carbons (Fsp3) is 0.467. The van der Waals surface area contributed by atoms with Gasteiger partial charge in [0.1, 0.15) is 0 Å². The summed E-state index contributed by atoms with van der Waals surface area (Å²) in [5.74, 6) is -0.849. The molecule has 1 aliphatic rings. The van der Waals surface area contributed by atoms with E-state index in [4.69, 9.17) is 5.11 Å². The van der Waals surface area contributed by atoms with Gasteiger partial charge in [0.25, 0.3) is 5.91 Å². The molecule has 0 saturated heterocycles. The lowest BCUT2D eigenvalue weighted by Crippen LogP contribution is -2.28. The molecule has 0 fully saturated rings. The fourth-order valence-corrected chi connectivity index (χ4v) is 2.49. The van der Waals surface area contributed by atoms with Crippen LogP contribution in [0.1, 0.15) is 40.7 Å². The van der Waals surface area contributed by atoms with E-state index in [1.54, 1.807) is 11.9 Å². The van der Waals surface area contributed by atoms with E-state index in [0.717, 1.165) is 12.8 Å². The molecule has 0 radical (unpaired) electrons. The number of carbonyl (C=O) groups is 2. The first-order chi connectivity index (χ1) is 9.08. The Balaban J connectivity index is 1.97. The third-order valence-corrected chi connectivity index (χ3v) is 3.58. The van der Waals surface area contributed by atoms with Crippen molar-refractivity contribution in [2.75, 3.05) is 13.6 Å². The van der Waals surface area contributed by atoms with Gasteiger partial charge in [-0.3, -0.25) is 9.59 Å². The molecule has 1 aromatic rings. The zero-order valence-electron chi connectivity index (χ0n) is 11.2. The lowest BCUT2D eigenvalue weighted by Gasteiger charge is -2.17. The molecule has 102 valence electrons. The van der Waals surface area contributed by atoms with Gasteiger partial charge in [-0.1, -0.05) is 6.07 Å². The Bertz CT molecular complexity index is 496. The molecule has 4 heteroatoms. The molecule has 1 aliphatic carbocycles. The second-order valence-corrected chi connectivity index (χ2v) is 5.06. The van der Waals surface area contributed by atoms with Gasteiger partial charge >= 0.3 is 5.97 Å². The molecule has 0 atom stereocenters. The van der Waals surface area contributed by atoms with E-state index in [1.165, 1.54) is 17.5 Å². The molecule has 0 unspecified atom stereocenters. The Kier molecular flexibility index (Phi) is 4.20. The first-order valence-electron chi connectivity index (χ1n) is 6.67. The standard InChI is InChI=1S/C15H19NO3/c1-16(9-3-6-14(17)18)15(19)13-8-7-11-4-2-5-12(11)10-13/h7-8,10H,2-6,9H2,1H3,(H,17,18). The smallest absolute Gasteiger partial charge is 0.303 e. The lowest BCUT2D eigenvalue weighted by atomic mass is 10.1. The van der Waals surface area contributed by atoms with Crippen LogP contribution in [-0.2, 0) is 17.6 Å². The average Bonchev–Trinajstić information content (AvgIpc) is 2.84. The molecule has 0 aromatic heterocycles. The maximum absolute atomic E-state index is 12.2. The summed E-state index contributed by atoms with van der Waals surface area (Å²) >= 11 is 0. The topological polar surface area (TPSA) is 57.6 Å². The Morgan fingerprint density at radius 1 is 1.26 bits per heavy atom. The number of carboxylic acid groups (broad SMARTS) is 1. The number of benzene rings is 1. The summed E-state index contributed by atoms with van der Waals surface area (Å²) < 4.78 is 0. The van der Waals surface area contributed by atoms with Gasteiger partial charge in [0.15, 0.2) is 0 Å². The van der Waals surface area contributed by atoms with Gasteiger partial charge in [0, 0.05) is 25.6 Å². The van der Waals surface area contributed by atoms with Crippen LogP contribution in [0.15, 0.2) is 18.2 Å². The monoisotopic (exact) mass is 261 g/mol. The fourth-order valence-electron chi connectivity index (χ4n) is 2.49. The Morgan fingerprint density at radius 2 is 2.00 bits per heavy atom. The molecule has 19 heavy (non-hydrogen) atoms. The molecule has 2 rings (SSSR count). The van der Waals surface area contributed by atoms with E-state index in [2.05, 4.69) is 0 Å². The predicted molar refractivity (Wildman–Crippen MR) is 72.3 cm³/mol. The second-order valence-electron chi connectivity index (χ2n) is 5.06. The summed E-state index contributed by atoms with van der Waals surface area (Å²) in [4.78, 5) is 24.2. The largest absolute Gasteiger partial charge is 0.481 e. The van der Waals surface area contributed by atoms with Crippen molar-refractivity contribution in [3.8, 4) is 0 Å². The van der Waals surface area contributed by atoms with Gasteiger partial charge in [-0.25, -0.2) is 0 Å². The highest BCUT2D eigenvalue weighted by Gasteiger charge is 2.16. The van der Waals surface area contributed by atoms with Gasteiger partial charge in [-0.05, 0) is 48.9 Å². The highest BCUT2D eigenvalue weighted by molar-refractivity contribution is 5.94. The molecular formula is C15H19NO3. The average molecular weight is 261 g/mol. The molecule has 0 spiro atoms. The van der Waals surface area contributed by atoms with Gasteiger partial charge in [-0.2, -0.15) is 0 Å². The lowest BCUT2D eigenvalue weighted by molar-refractivity contribution is -0.137. The molecule has 1 amide bonds. The zero-order chi connectivity index (χ0) is 13.8. The molecule has 0 heterocycles. The molecular weight excluding hydrogens is 242 g/mol. The minimum Gasteiger partial charge on any atom is -0.481 e. The highest BCUT2D eigenvalue weighted by atomic mass is 16.4. The van der Waals surface area contributed by atoms with E-state index in [-0.39, 0.29) is 12.3 Å². The first-order valence-corrected chi connectivity index (χ1v) is 6.67. The van der Waals surface area contributed by atoms with Crippen molar-refractivity contribution in [3.63, 3.8) is 0 Å². The number of nitrogens with zero attached hydrogens (tertiary/aromatic N) is 1. The first kappa shape index (κ1) is 13.6. The van der Waals surface area contributed by atoms with Crippen molar-refractivity contribution in [3.05, 3.63) is 34.9 Å². The number of fused-ring (bicyclic) bond motifs is 1. The van der Waals surface area contributed by atoms with E-state index >= 15 is 0 Å². The number of hydrogen-bond donors (Lipinski definition) is 1. The Morgan fingerprint density at radius 3 is 2.74 bits per heavy atom. The number of rotatable bonds is 5. The molecule has 1 N–H and O–H groups in total. The third kappa shape index (κ3) is 3.34. The van der Waals surface area contributed by atoms with Crippen molar-refractivity contribution < 1.29 is 14.7 Å². The van der Waals surface area contributed by atoms with Crippen LogP contribution < -0.4 is 0 Å². The van der Waals surface area contributed by atoms with Crippen LogP contribution in [0.5, 0.6) is 0 Å². The number of aliphatic carboxylic acids is 1. The number of amides is 1. The predicted octanol–water partition coefficient (Wildman–Crippen LogP) is 2.11. The van der Waals surface area contributed by atoms with Gasteiger partial charge in [0.2, 0.25) is 0 Å². The van der Waals surface area contributed by atoms with Crippen molar-refractivity contribution in [2.24, 2.45) is 0 Å². The summed E-state index contributed by atoms with van der Waals surface area (Å²) in [6.07, 6.45) is 3.92. The summed E-state index contributed by atoms with van der Waals surface area (Å²) in [7, 11) is 1.72. The Hall–Kier alpha value is -1.84. The van der Waals surface area contributed by atoms with Crippen LogP contribution >= 0.6 is 0 Å². The number of aryl methyl sites for hydroxylation is 2. The summed E-state index contributed by atoms with van der Waals surface area (Å²) in [5.41, 5.74) is 3.34. The van der Waals surface area contributed by atoms with E-state index in [9.17, 15) is 9.59 Å². The maximum Gasteiger partial charge on any atom is 0.303 e. The molecule has 4 nitrogen and oxygen atoms in total. The van der Waals surface area contributed by atoms with Gasteiger partial charge < -0.3 is 10.0 Å². The quantitative estimate of drug-likeness (QED) is 0.883. The second kappa shape index (κ2) is 5.87. The van der Waals surface area contributed by atoms with Crippen LogP contribution in [0.25, 0.3) is 0 Å². The van der Waals surface area contributed by atoms with Crippen LogP contribution in [0.2, 0.25) is 0 Å². The normalized spacial score (nSPS) is 13.1. The minimum absolute atomic E-state index is 0.0277. The summed E-state index contributed by atoms with van der Waals surface area (Å²) in [5, 5.41) is 8.58. The molecule has 0 aliphatic heterocycles. The van der Waals surface area contributed by atoms with Crippen LogP contribution in [0.4, 0.5) is 0 Å². The Labute approximate surface area is 113 Å². The van der Waals surface area contributed by atoms with Crippen molar-refractivity contribution in [1.82, 2.24) is 4.90 Å². The van der Waals surface area contributed by atoms with Crippen molar-refractivity contribution in [2.45, 2.75) is 32.1 Å². The van der Waals surface area contributed by atoms with E-state index < -0.39 is 5.97 Å². The number of carboxylic acids is 1. The summed E-state index contributed by atoms with van der Waals surface area (Å²) in [6, 6.07) is 5.90. The molecule has 0 bridgehead atoms. The summed E-state index contributed by atoms with van der Waals surface area (Å²) in [6.45, 7) is 0.474. The maximum atomic E-state index is 12.2. The van der Waals surface area contributed by atoms with Crippen molar-refractivity contribution >= 4 is 11.9 Å². The zero-order valence-corrected chi connectivity index (χ0v) is 11.2. The van der Waals surface area contributed by atoms with Crippen LogP contribution in [0.3, 0.4) is 0 Å². The molecule has 0 saturated carbocycles. The van der Waals surface area contributed by atoms with E-state index in [0.29, 0.717) is 18.5 Å². The van der Waals surface area contributed by atoms with Crippen LogP contribution in [0, 0.1) is 0 Å². The highest BCUT2D eigenvalue weighted by Crippen LogP contribution is 2.23. The molecule has 1 aromatic carbocycles. The van der Waals surface area contributed by atoms with Gasteiger partial charge in [0.05, 0.1) is 0 Å². The van der Waals surface area contributed by atoms with Crippen LogP contribution in [-0.4, -0.2) is 35.5 Å². The minimum atomic E-state index is -0.821. The SMILES string of the molecule is CN(CCCC(=O)O)C(=O)c1ccc2c(c1)CCC2. The third-order valence-electron chi connectivity index (χ3n) is 3.58. The van der Waals surface area contributed by atoms with Crippen molar-refractivity contribution in [1.29, 1.82) is 0 Å². The number of hydrogen-bond acceptors (Lipinski definition) is 2. The van der Waals surface area contributed by atoms with Gasteiger partial charge in [-0.15, -0.1) is 0 Å². The number of carbonyl (C=O) groups excluding carboxylic acids is 1. The van der Waals surface area contributed by atoms with E-state index in [1.807, 2.05) is 18.2 Å².